The molecule has 10 heteroatoms. The molecule has 8 nitrogen and oxygen atoms in total. The van der Waals surface area contributed by atoms with Gasteiger partial charge in [-0.2, -0.15) is 0 Å². The number of ether oxygens (including phenoxy) is 1. The van der Waals surface area contributed by atoms with Crippen molar-refractivity contribution in [2.24, 2.45) is 0 Å². The number of hydrogen-bond acceptors (Lipinski definition) is 6. The second-order valence-electron chi connectivity index (χ2n) is 6.30. The molecule has 28 heavy (non-hydrogen) atoms. The Morgan fingerprint density at radius 3 is 2.61 bits per heavy atom. The number of rotatable bonds is 6. The molecule has 0 bridgehead atoms. The van der Waals surface area contributed by atoms with Gasteiger partial charge in [-0.05, 0) is 17.7 Å². The molecule has 0 spiro atoms. The van der Waals surface area contributed by atoms with E-state index >= 15 is 0 Å². The van der Waals surface area contributed by atoms with E-state index in [1.807, 2.05) is 12.1 Å². The van der Waals surface area contributed by atoms with E-state index in [-0.39, 0.29) is 24.6 Å². The van der Waals surface area contributed by atoms with Crippen LogP contribution in [0.3, 0.4) is 0 Å². The third kappa shape index (κ3) is 4.22. The number of aliphatic carboxylic acids is 1. The zero-order chi connectivity index (χ0) is 20.4. The van der Waals surface area contributed by atoms with Crippen molar-refractivity contribution in [3.05, 3.63) is 45.6 Å². The molecular formula is C18H17BrN2O6S. The molecule has 2 amide bonds. The van der Waals surface area contributed by atoms with Crippen LogP contribution in [-0.4, -0.2) is 57.5 Å². The number of hydrogen-bond donors (Lipinski definition) is 2. The van der Waals surface area contributed by atoms with Crippen LogP contribution in [0.5, 0.6) is 0 Å². The number of carbonyl (C=O) groups excluding carboxylic acids is 3. The Bertz CT molecular complexity index is 869. The van der Waals surface area contributed by atoms with Gasteiger partial charge in [-0.1, -0.05) is 28.1 Å². The van der Waals surface area contributed by atoms with Gasteiger partial charge in [0.05, 0.1) is 6.42 Å². The number of halogens is 1. The molecule has 2 aliphatic heterocycles. The van der Waals surface area contributed by atoms with Crippen molar-refractivity contribution in [1.29, 1.82) is 0 Å². The third-order valence-electron chi connectivity index (χ3n) is 4.29. The molecule has 3 rings (SSSR count). The quantitative estimate of drug-likeness (QED) is 0.477. The number of thioether (sulfide) groups is 1. The average Bonchev–Trinajstić information content (AvgIpc) is 2.65. The summed E-state index contributed by atoms with van der Waals surface area (Å²) in [7, 11) is 0. The molecule has 0 radical (unpaired) electrons. The van der Waals surface area contributed by atoms with Gasteiger partial charge in [0.1, 0.15) is 23.7 Å². The summed E-state index contributed by atoms with van der Waals surface area (Å²) in [6, 6.07) is 6.48. The Labute approximate surface area is 173 Å². The molecule has 1 fully saturated rings. The van der Waals surface area contributed by atoms with Crippen molar-refractivity contribution in [3.8, 4) is 0 Å². The second kappa shape index (κ2) is 8.36. The van der Waals surface area contributed by atoms with Crippen LogP contribution in [0.2, 0.25) is 0 Å². The summed E-state index contributed by atoms with van der Waals surface area (Å²) in [6.07, 6.45) is 0.119. The predicted octanol–water partition coefficient (Wildman–Crippen LogP) is 1.29. The van der Waals surface area contributed by atoms with Crippen molar-refractivity contribution in [1.82, 2.24) is 10.2 Å². The van der Waals surface area contributed by atoms with E-state index in [1.54, 1.807) is 12.1 Å². The molecule has 0 aliphatic carbocycles. The van der Waals surface area contributed by atoms with Crippen LogP contribution in [0, 0.1) is 0 Å². The zero-order valence-corrected chi connectivity index (χ0v) is 17.2. The molecule has 2 atom stereocenters. The van der Waals surface area contributed by atoms with Gasteiger partial charge in [0, 0.05) is 22.7 Å². The molecule has 0 unspecified atom stereocenters. The van der Waals surface area contributed by atoms with Gasteiger partial charge in [-0.25, -0.2) is 4.79 Å². The van der Waals surface area contributed by atoms with Gasteiger partial charge in [0.2, 0.25) is 5.91 Å². The van der Waals surface area contributed by atoms with Gasteiger partial charge in [-0.3, -0.25) is 19.3 Å². The van der Waals surface area contributed by atoms with Gasteiger partial charge >= 0.3 is 11.9 Å². The summed E-state index contributed by atoms with van der Waals surface area (Å²) in [5.74, 6) is -2.30. The summed E-state index contributed by atoms with van der Waals surface area (Å²) in [5, 5.41) is 11.7. The Kier molecular flexibility index (Phi) is 6.09. The van der Waals surface area contributed by atoms with Crippen molar-refractivity contribution in [3.63, 3.8) is 0 Å². The van der Waals surface area contributed by atoms with Crippen LogP contribution in [0.4, 0.5) is 0 Å². The monoisotopic (exact) mass is 468 g/mol. The summed E-state index contributed by atoms with van der Waals surface area (Å²) in [6.45, 7) is 1.05. The van der Waals surface area contributed by atoms with E-state index in [0.29, 0.717) is 11.3 Å². The maximum atomic E-state index is 12.5. The molecule has 0 saturated carbocycles. The number of carboxylic acid groups (broad SMARTS) is 1. The Balaban J connectivity index is 1.67. The normalized spacial score (nSPS) is 20.9. The minimum absolute atomic E-state index is 0.119. The standard InChI is InChI=1S/C18H17BrN2O6S/c1-9(22)27-7-11-8-28-17-14(16(24)21(17)15(11)18(25)26)20-13(23)6-10-2-4-12(19)5-3-10/h2-5,14,17H,6-8H2,1H3,(H,20,23)(H,25,26)/t14-,17-/m1/s1. The number of nitrogens with zero attached hydrogens (tertiary/aromatic N) is 1. The van der Waals surface area contributed by atoms with Gasteiger partial charge in [0.15, 0.2) is 0 Å². The molecular weight excluding hydrogens is 452 g/mol. The maximum Gasteiger partial charge on any atom is 0.352 e. The first-order chi connectivity index (χ1) is 13.3. The van der Waals surface area contributed by atoms with E-state index < -0.39 is 29.3 Å². The highest BCUT2D eigenvalue weighted by atomic mass is 79.9. The number of amides is 2. The fourth-order valence-corrected chi connectivity index (χ4v) is 4.59. The topological polar surface area (TPSA) is 113 Å². The number of esters is 1. The van der Waals surface area contributed by atoms with Crippen LogP contribution in [0.1, 0.15) is 12.5 Å². The fraction of sp³-hybridized carbons (Fsp3) is 0.333. The van der Waals surface area contributed by atoms with E-state index in [4.69, 9.17) is 4.74 Å². The summed E-state index contributed by atoms with van der Waals surface area (Å²) < 4.78 is 5.79. The molecule has 1 saturated heterocycles. The van der Waals surface area contributed by atoms with Crippen LogP contribution in [0.25, 0.3) is 0 Å². The minimum atomic E-state index is -1.26. The van der Waals surface area contributed by atoms with Gasteiger partial charge in [-0.15, -0.1) is 11.8 Å². The van der Waals surface area contributed by atoms with Crippen LogP contribution < -0.4 is 5.32 Å². The maximum absolute atomic E-state index is 12.5. The van der Waals surface area contributed by atoms with Crippen molar-refractivity contribution >= 4 is 51.4 Å². The Morgan fingerprint density at radius 1 is 1.32 bits per heavy atom. The van der Waals surface area contributed by atoms with E-state index in [1.165, 1.54) is 18.7 Å². The summed E-state index contributed by atoms with van der Waals surface area (Å²) in [5.41, 5.74) is 0.987. The predicted molar refractivity (Wildman–Crippen MR) is 104 cm³/mol. The number of benzene rings is 1. The molecule has 0 aromatic heterocycles. The average molecular weight is 469 g/mol. The molecule has 1 aromatic rings. The van der Waals surface area contributed by atoms with E-state index in [0.717, 1.165) is 14.9 Å². The summed E-state index contributed by atoms with van der Waals surface area (Å²) >= 11 is 4.65. The van der Waals surface area contributed by atoms with Crippen molar-refractivity contribution in [2.75, 3.05) is 12.4 Å². The van der Waals surface area contributed by atoms with Gasteiger partial charge in [0.25, 0.3) is 5.91 Å². The molecule has 2 heterocycles. The third-order valence-corrected chi connectivity index (χ3v) is 6.16. The Hall–Kier alpha value is -2.33. The molecule has 2 N–H and O–H groups in total. The molecule has 2 aliphatic rings. The van der Waals surface area contributed by atoms with Crippen LogP contribution in [0.15, 0.2) is 40.0 Å². The lowest BCUT2D eigenvalue weighted by molar-refractivity contribution is -0.151. The van der Waals surface area contributed by atoms with Crippen molar-refractivity contribution < 1.29 is 29.0 Å². The second-order valence-corrected chi connectivity index (χ2v) is 8.32. The largest absolute Gasteiger partial charge is 0.477 e. The van der Waals surface area contributed by atoms with Gasteiger partial charge < -0.3 is 15.2 Å². The first-order valence-electron chi connectivity index (χ1n) is 8.35. The lowest BCUT2D eigenvalue weighted by Gasteiger charge is -2.49. The lowest BCUT2D eigenvalue weighted by atomic mass is 10.0. The van der Waals surface area contributed by atoms with Crippen LogP contribution >= 0.6 is 27.7 Å². The molecule has 1 aromatic carbocycles. The number of nitrogens with one attached hydrogen (secondary N) is 1. The highest BCUT2D eigenvalue weighted by Gasteiger charge is 2.54. The zero-order valence-electron chi connectivity index (χ0n) is 14.8. The lowest BCUT2D eigenvalue weighted by Crippen LogP contribution is -2.70. The number of fused-ring (bicyclic) bond motifs is 1. The smallest absolute Gasteiger partial charge is 0.352 e. The van der Waals surface area contributed by atoms with Crippen molar-refractivity contribution in [2.45, 2.75) is 24.8 Å². The number of carbonyl (C=O) groups is 4. The first-order valence-corrected chi connectivity index (χ1v) is 10.2. The fourth-order valence-electron chi connectivity index (χ4n) is 3.00. The highest BCUT2D eigenvalue weighted by Crippen LogP contribution is 2.40. The number of β-lactam (4-membered cyclic amide) rings is 1. The molecule has 148 valence electrons. The number of carboxylic acids is 1. The van der Waals surface area contributed by atoms with E-state index in [2.05, 4.69) is 21.2 Å². The van der Waals surface area contributed by atoms with E-state index in [9.17, 15) is 24.3 Å². The van der Waals surface area contributed by atoms with Crippen LogP contribution in [-0.2, 0) is 30.3 Å². The minimum Gasteiger partial charge on any atom is -0.477 e. The highest BCUT2D eigenvalue weighted by molar-refractivity contribution is 9.10. The summed E-state index contributed by atoms with van der Waals surface area (Å²) in [4.78, 5) is 48.6. The Morgan fingerprint density at radius 2 is 2.00 bits per heavy atom. The first kappa shape index (κ1) is 20.4. The SMILES string of the molecule is CC(=O)OCC1=C(C(=O)O)N2C(=O)[C@@H](NC(=O)Cc3ccc(Br)cc3)[C@H]2SC1.